The van der Waals surface area contributed by atoms with E-state index in [-0.39, 0.29) is 56.6 Å². The van der Waals surface area contributed by atoms with Crippen molar-refractivity contribution < 1.29 is 61.9 Å². The van der Waals surface area contributed by atoms with Gasteiger partial charge in [0, 0.05) is 33.9 Å². The second-order valence-corrected chi connectivity index (χ2v) is 5.83. The molecule has 160 valence electrons. The smallest absolute Gasteiger partial charge is 0.339 e. The number of carboxylic acid groups (broad SMARTS) is 2. The summed E-state index contributed by atoms with van der Waals surface area (Å²) < 4.78 is 0. The first-order valence-electron chi connectivity index (χ1n) is 8.28. The van der Waals surface area contributed by atoms with Crippen LogP contribution in [0.15, 0.2) is 48.5 Å². The summed E-state index contributed by atoms with van der Waals surface area (Å²) in [5.74, 6) is -2.62. The molecular formula is C20H28O8Ti. The number of aromatic carboxylic acids is 2. The molecule has 2 rings (SSSR count). The molecule has 0 aromatic heterocycles. The zero-order valence-corrected chi connectivity index (χ0v) is 18.3. The van der Waals surface area contributed by atoms with Crippen LogP contribution in [0.5, 0.6) is 11.5 Å². The average Bonchev–Trinajstić information content (AvgIpc) is 2.54. The van der Waals surface area contributed by atoms with Crippen molar-refractivity contribution in [3.8, 4) is 11.5 Å². The number of phenols is 2. The summed E-state index contributed by atoms with van der Waals surface area (Å²) in [6, 6.07) is 11.6. The van der Waals surface area contributed by atoms with Crippen LogP contribution in [0, 0.1) is 0 Å². The van der Waals surface area contributed by atoms with E-state index in [0.717, 1.165) is 0 Å². The molecule has 9 heteroatoms. The maximum Gasteiger partial charge on any atom is 0.339 e. The Hall–Kier alpha value is -2.39. The van der Waals surface area contributed by atoms with Crippen LogP contribution in [0.1, 0.15) is 48.4 Å². The molecule has 0 amide bonds. The molecule has 0 fully saturated rings. The van der Waals surface area contributed by atoms with Gasteiger partial charge in [0.25, 0.3) is 0 Å². The predicted octanol–water partition coefficient (Wildman–Crippen LogP) is 2.95. The fourth-order valence-electron chi connectivity index (χ4n) is 1.31. The summed E-state index contributed by atoms with van der Waals surface area (Å²) in [5, 5.41) is 50.7. The minimum atomic E-state index is -1.11. The number of hydrogen-bond acceptors (Lipinski definition) is 6. The van der Waals surface area contributed by atoms with Crippen LogP contribution >= 0.6 is 0 Å². The Morgan fingerprint density at radius 2 is 0.862 bits per heavy atom. The molecule has 0 aliphatic carbocycles. The maximum absolute atomic E-state index is 10.3. The summed E-state index contributed by atoms with van der Waals surface area (Å²) in [5.41, 5.74) is -0.134. The standard InChI is InChI=1S/2C7H6O3.2C3H8O.Ti/c2*8-6-4-2-1-3-5(6)7(9)10;2*1-3(2)4;/h2*1-4,8H,(H,9,10);2*3-4H,1-2H3;. The molecule has 0 aliphatic heterocycles. The molecule has 0 spiro atoms. The Bertz CT molecular complexity index is 650. The first kappa shape index (κ1) is 31.3. The molecule has 0 bridgehead atoms. The van der Waals surface area contributed by atoms with Gasteiger partial charge < -0.3 is 30.6 Å². The van der Waals surface area contributed by atoms with Gasteiger partial charge >= 0.3 is 11.9 Å². The van der Waals surface area contributed by atoms with Crippen molar-refractivity contribution in [1.29, 1.82) is 0 Å². The molecular weight excluding hydrogens is 416 g/mol. The topological polar surface area (TPSA) is 156 Å². The third-order valence-corrected chi connectivity index (χ3v) is 2.27. The summed E-state index contributed by atoms with van der Waals surface area (Å²) in [7, 11) is 0. The van der Waals surface area contributed by atoms with E-state index in [1.165, 1.54) is 24.3 Å². The van der Waals surface area contributed by atoms with Crippen LogP contribution in [0.4, 0.5) is 0 Å². The number of rotatable bonds is 2. The molecule has 0 saturated carbocycles. The van der Waals surface area contributed by atoms with E-state index in [1.807, 2.05) is 0 Å². The van der Waals surface area contributed by atoms with Gasteiger partial charge in [-0.15, -0.1) is 0 Å². The van der Waals surface area contributed by atoms with Crippen LogP contribution in [0.2, 0.25) is 0 Å². The van der Waals surface area contributed by atoms with Crippen molar-refractivity contribution in [3.05, 3.63) is 59.7 Å². The summed E-state index contributed by atoms with van der Waals surface area (Å²) in [6.07, 6.45) is -0.333. The van der Waals surface area contributed by atoms with Gasteiger partial charge in [-0.1, -0.05) is 24.3 Å². The fraction of sp³-hybridized carbons (Fsp3) is 0.300. The van der Waals surface area contributed by atoms with Crippen LogP contribution in [0.3, 0.4) is 0 Å². The monoisotopic (exact) mass is 444 g/mol. The SMILES string of the molecule is CC(C)O.CC(C)O.O=C(O)c1ccccc1O.O=C(O)c1ccccc1O.[Ti]. The van der Waals surface area contributed by atoms with Crippen molar-refractivity contribution >= 4 is 11.9 Å². The number of carboxylic acids is 2. The molecule has 0 heterocycles. The van der Waals surface area contributed by atoms with E-state index >= 15 is 0 Å². The molecule has 0 saturated heterocycles. The number of carbonyl (C=O) groups is 2. The zero-order valence-electron chi connectivity index (χ0n) is 16.8. The van der Waals surface area contributed by atoms with Gasteiger partial charge in [0.05, 0.1) is 0 Å². The van der Waals surface area contributed by atoms with Gasteiger partial charge in [-0.2, -0.15) is 0 Å². The maximum atomic E-state index is 10.3. The van der Waals surface area contributed by atoms with E-state index in [9.17, 15) is 9.59 Å². The van der Waals surface area contributed by atoms with Crippen molar-refractivity contribution in [3.63, 3.8) is 0 Å². The summed E-state index contributed by atoms with van der Waals surface area (Å²) in [6.45, 7) is 6.89. The second-order valence-electron chi connectivity index (χ2n) is 5.83. The molecule has 6 N–H and O–H groups in total. The number of aliphatic hydroxyl groups excluding tert-OH is 2. The average molecular weight is 444 g/mol. The summed E-state index contributed by atoms with van der Waals surface area (Å²) >= 11 is 0. The molecule has 0 unspecified atom stereocenters. The van der Waals surface area contributed by atoms with E-state index in [2.05, 4.69) is 0 Å². The Morgan fingerprint density at radius 1 is 0.655 bits per heavy atom. The van der Waals surface area contributed by atoms with E-state index in [4.69, 9.17) is 30.6 Å². The Morgan fingerprint density at radius 3 is 1.00 bits per heavy atom. The molecule has 29 heavy (non-hydrogen) atoms. The van der Waals surface area contributed by atoms with E-state index in [0.29, 0.717) is 0 Å². The Kier molecular flexibility index (Phi) is 19.1. The van der Waals surface area contributed by atoms with E-state index < -0.39 is 11.9 Å². The van der Waals surface area contributed by atoms with Crippen molar-refractivity contribution in [2.24, 2.45) is 0 Å². The minimum absolute atomic E-state index is 0. The molecule has 8 nitrogen and oxygen atoms in total. The first-order valence-corrected chi connectivity index (χ1v) is 8.28. The number of benzene rings is 2. The minimum Gasteiger partial charge on any atom is -0.507 e. The van der Waals surface area contributed by atoms with Crippen LogP contribution in [-0.2, 0) is 21.7 Å². The quantitative estimate of drug-likeness (QED) is 0.386. The fourth-order valence-corrected chi connectivity index (χ4v) is 1.31. The molecule has 2 aromatic rings. The van der Waals surface area contributed by atoms with Crippen molar-refractivity contribution in [2.75, 3.05) is 0 Å². The van der Waals surface area contributed by atoms with Crippen LogP contribution in [-0.4, -0.2) is 54.8 Å². The van der Waals surface area contributed by atoms with Crippen molar-refractivity contribution in [1.82, 2.24) is 0 Å². The largest absolute Gasteiger partial charge is 0.507 e. The van der Waals surface area contributed by atoms with Gasteiger partial charge in [0.1, 0.15) is 22.6 Å². The molecule has 0 aliphatic rings. The molecule has 0 atom stereocenters. The number of hydrogen-bond donors (Lipinski definition) is 6. The number of para-hydroxylation sites is 2. The van der Waals surface area contributed by atoms with E-state index in [1.54, 1.807) is 52.0 Å². The van der Waals surface area contributed by atoms with Crippen LogP contribution in [0.25, 0.3) is 0 Å². The van der Waals surface area contributed by atoms with Gasteiger partial charge in [-0.05, 0) is 52.0 Å². The van der Waals surface area contributed by atoms with Crippen molar-refractivity contribution in [2.45, 2.75) is 39.9 Å². The molecule has 2 aromatic carbocycles. The Balaban J connectivity index is -0.000000336. The predicted molar refractivity (Wildman–Crippen MR) is 105 cm³/mol. The summed E-state index contributed by atoms with van der Waals surface area (Å²) in [4.78, 5) is 20.5. The Labute approximate surface area is 185 Å². The third kappa shape index (κ3) is 18.7. The van der Waals surface area contributed by atoms with Gasteiger partial charge in [-0.25, -0.2) is 9.59 Å². The normalized spacial score (nSPS) is 8.83. The van der Waals surface area contributed by atoms with Gasteiger partial charge in [-0.3, -0.25) is 0 Å². The molecule has 0 radical (unpaired) electrons. The first-order chi connectivity index (χ1) is 12.9. The number of aromatic hydroxyl groups is 2. The van der Waals surface area contributed by atoms with Gasteiger partial charge in [0.2, 0.25) is 0 Å². The van der Waals surface area contributed by atoms with Gasteiger partial charge in [0.15, 0.2) is 0 Å². The number of aliphatic hydroxyl groups is 2. The van der Waals surface area contributed by atoms with Crippen LogP contribution < -0.4 is 0 Å². The second kappa shape index (κ2) is 17.7. The zero-order chi connectivity index (χ0) is 22.3. The third-order valence-electron chi connectivity index (χ3n) is 2.27.